The molecule has 0 saturated carbocycles. The lowest BCUT2D eigenvalue weighted by molar-refractivity contribution is 0.00495. The molecule has 0 aromatic rings. The second-order valence-electron chi connectivity index (χ2n) is 3.76. The van der Waals surface area contributed by atoms with Crippen LogP contribution in [0.25, 0.3) is 0 Å². The summed E-state index contributed by atoms with van der Waals surface area (Å²) < 4.78 is 0. The summed E-state index contributed by atoms with van der Waals surface area (Å²) in [5.41, 5.74) is 5.89. The maximum absolute atomic E-state index is 5.89. The molecule has 0 aliphatic carbocycles. The average Bonchev–Trinajstić information content (AvgIpc) is 2.06. The maximum atomic E-state index is 5.89. The van der Waals surface area contributed by atoms with E-state index < -0.39 is 0 Å². The minimum atomic E-state index is 0.332. The van der Waals surface area contributed by atoms with E-state index in [1.54, 1.807) is 0 Å². The van der Waals surface area contributed by atoms with E-state index in [-0.39, 0.29) is 0 Å². The van der Waals surface area contributed by atoms with E-state index in [4.69, 9.17) is 5.73 Å². The molecular weight excluding hydrogens is 138 g/mol. The summed E-state index contributed by atoms with van der Waals surface area (Å²) >= 11 is 0. The molecule has 1 unspecified atom stereocenters. The monoisotopic (exact) mass is 155 g/mol. The molecule has 2 bridgehead atoms. The summed E-state index contributed by atoms with van der Waals surface area (Å²) in [6.07, 6.45) is 0. The highest BCUT2D eigenvalue weighted by atomic mass is 15.3. The Balaban J connectivity index is 2.03. The Morgan fingerprint density at radius 3 is 2.18 bits per heavy atom. The van der Waals surface area contributed by atoms with Crippen LogP contribution in [-0.4, -0.2) is 54.6 Å². The molecule has 3 fully saturated rings. The quantitative estimate of drug-likeness (QED) is 0.545. The number of hydrogen-bond acceptors (Lipinski definition) is 3. The van der Waals surface area contributed by atoms with Crippen molar-refractivity contribution in [1.82, 2.24) is 9.80 Å². The van der Waals surface area contributed by atoms with Crippen LogP contribution in [-0.2, 0) is 0 Å². The fourth-order valence-corrected chi connectivity index (χ4v) is 2.16. The Hall–Kier alpha value is -0.120. The highest BCUT2D eigenvalue weighted by molar-refractivity contribution is 4.91. The van der Waals surface area contributed by atoms with Gasteiger partial charge in [-0.15, -0.1) is 0 Å². The molecule has 3 saturated heterocycles. The molecule has 2 atom stereocenters. The van der Waals surface area contributed by atoms with E-state index in [2.05, 4.69) is 16.7 Å². The molecule has 3 nitrogen and oxygen atoms in total. The fraction of sp³-hybridized carbons (Fsp3) is 1.00. The predicted molar refractivity (Wildman–Crippen MR) is 45.5 cm³/mol. The largest absolute Gasteiger partial charge is 0.326 e. The molecule has 2 N–H and O–H groups in total. The van der Waals surface area contributed by atoms with Gasteiger partial charge in [0.05, 0.1) is 0 Å². The maximum Gasteiger partial charge on any atom is 0.0372 e. The number of fused-ring (bicyclic) bond motifs is 3. The third kappa shape index (κ3) is 1.28. The van der Waals surface area contributed by atoms with Crippen molar-refractivity contribution in [2.24, 2.45) is 5.73 Å². The first-order valence-electron chi connectivity index (χ1n) is 4.49. The second-order valence-corrected chi connectivity index (χ2v) is 3.76. The minimum absolute atomic E-state index is 0.332. The molecule has 3 aliphatic rings. The molecule has 11 heavy (non-hydrogen) atoms. The van der Waals surface area contributed by atoms with Gasteiger partial charge in [-0.2, -0.15) is 0 Å². The van der Waals surface area contributed by atoms with Crippen LogP contribution in [0.5, 0.6) is 0 Å². The summed E-state index contributed by atoms with van der Waals surface area (Å²) in [6.45, 7) is 8.27. The van der Waals surface area contributed by atoms with Crippen LogP contribution in [0.15, 0.2) is 0 Å². The molecule has 3 heterocycles. The minimum Gasteiger partial charge on any atom is -0.326 e. The Morgan fingerprint density at radius 1 is 1.27 bits per heavy atom. The van der Waals surface area contributed by atoms with Gasteiger partial charge in [-0.25, -0.2) is 0 Å². The molecule has 0 radical (unpaired) electrons. The van der Waals surface area contributed by atoms with Crippen molar-refractivity contribution in [3.63, 3.8) is 0 Å². The first-order chi connectivity index (χ1) is 5.27. The van der Waals surface area contributed by atoms with Crippen molar-refractivity contribution >= 4 is 0 Å². The molecule has 64 valence electrons. The van der Waals surface area contributed by atoms with Gasteiger partial charge in [0.25, 0.3) is 0 Å². The predicted octanol–water partition coefficient (Wildman–Crippen LogP) is -0.667. The lowest BCUT2D eigenvalue weighted by Crippen LogP contribution is -2.65. The van der Waals surface area contributed by atoms with Crippen LogP contribution in [0, 0.1) is 0 Å². The zero-order chi connectivity index (χ0) is 7.84. The summed E-state index contributed by atoms with van der Waals surface area (Å²) in [7, 11) is 0. The topological polar surface area (TPSA) is 32.5 Å². The highest BCUT2D eigenvalue weighted by Crippen LogP contribution is 2.16. The van der Waals surface area contributed by atoms with E-state index in [0.717, 1.165) is 0 Å². The third-order valence-corrected chi connectivity index (χ3v) is 2.93. The number of hydrogen-bond donors (Lipinski definition) is 1. The van der Waals surface area contributed by atoms with Gasteiger partial charge in [-0.3, -0.25) is 9.80 Å². The van der Waals surface area contributed by atoms with Crippen molar-refractivity contribution in [3.05, 3.63) is 0 Å². The van der Waals surface area contributed by atoms with Gasteiger partial charge in [-0.1, -0.05) is 0 Å². The van der Waals surface area contributed by atoms with Crippen molar-refractivity contribution < 1.29 is 0 Å². The Bertz CT molecular complexity index is 138. The normalized spacial score (nSPS) is 45.8. The van der Waals surface area contributed by atoms with E-state index in [1.165, 1.54) is 32.7 Å². The molecule has 0 aromatic heterocycles. The van der Waals surface area contributed by atoms with E-state index >= 15 is 0 Å². The van der Waals surface area contributed by atoms with Crippen LogP contribution >= 0.6 is 0 Å². The highest BCUT2D eigenvalue weighted by Gasteiger charge is 2.33. The number of nitrogens with zero attached hydrogens (tertiary/aromatic N) is 2. The van der Waals surface area contributed by atoms with Crippen LogP contribution < -0.4 is 5.73 Å². The van der Waals surface area contributed by atoms with Crippen molar-refractivity contribution in [2.45, 2.75) is 19.0 Å². The molecule has 0 aromatic carbocycles. The number of piperazine rings is 3. The van der Waals surface area contributed by atoms with Gasteiger partial charge in [-0.05, 0) is 6.92 Å². The molecule has 3 aliphatic heterocycles. The van der Waals surface area contributed by atoms with Gasteiger partial charge in [0.1, 0.15) is 0 Å². The van der Waals surface area contributed by atoms with Crippen molar-refractivity contribution in [2.75, 3.05) is 32.7 Å². The molecule has 3 rings (SSSR count). The standard InChI is InChI=1S/C8H17N3/c1-7(9)8-6-10-2-4-11(8)5-3-10/h7-8H,2-6,9H2,1H3/t7-,8?/m1/s1. The van der Waals surface area contributed by atoms with Gasteiger partial charge in [0.15, 0.2) is 0 Å². The average molecular weight is 155 g/mol. The van der Waals surface area contributed by atoms with Gasteiger partial charge in [0.2, 0.25) is 0 Å². The zero-order valence-corrected chi connectivity index (χ0v) is 7.16. The molecular formula is C8H17N3. The van der Waals surface area contributed by atoms with Gasteiger partial charge < -0.3 is 5.73 Å². The Morgan fingerprint density at radius 2 is 1.91 bits per heavy atom. The second kappa shape index (κ2) is 2.73. The van der Waals surface area contributed by atoms with E-state index in [0.29, 0.717) is 12.1 Å². The number of rotatable bonds is 1. The van der Waals surface area contributed by atoms with Crippen LogP contribution in [0.1, 0.15) is 6.92 Å². The lowest BCUT2D eigenvalue weighted by Gasteiger charge is -2.48. The summed E-state index contributed by atoms with van der Waals surface area (Å²) in [5, 5.41) is 0. The molecule has 0 amide bonds. The molecule has 3 heteroatoms. The summed E-state index contributed by atoms with van der Waals surface area (Å²) in [6, 6.07) is 0.954. The first kappa shape index (κ1) is 7.53. The zero-order valence-electron chi connectivity index (χ0n) is 7.16. The first-order valence-corrected chi connectivity index (χ1v) is 4.49. The van der Waals surface area contributed by atoms with E-state index in [9.17, 15) is 0 Å². The van der Waals surface area contributed by atoms with Crippen LogP contribution in [0.4, 0.5) is 0 Å². The van der Waals surface area contributed by atoms with Crippen molar-refractivity contribution in [3.8, 4) is 0 Å². The summed E-state index contributed by atoms with van der Waals surface area (Å²) in [5.74, 6) is 0. The van der Waals surface area contributed by atoms with Crippen LogP contribution in [0.2, 0.25) is 0 Å². The van der Waals surface area contributed by atoms with Gasteiger partial charge >= 0.3 is 0 Å². The lowest BCUT2D eigenvalue weighted by atomic mass is 10.0. The SMILES string of the molecule is C[C@@H](N)C1CN2CCN1CC2. The fourth-order valence-electron chi connectivity index (χ4n) is 2.16. The third-order valence-electron chi connectivity index (χ3n) is 2.93. The summed E-state index contributed by atoms with van der Waals surface area (Å²) in [4.78, 5) is 5.05. The molecule has 0 spiro atoms. The smallest absolute Gasteiger partial charge is 0.0372 e. The number of nitrogens with two attached hydrogens (primary N) is 1. The Labute approximate surface area is 68.1 Å². The van der Waals surface area contributed by atoms with Gasteiger partial charge in [0, 0.05) is 44.8 Å². The van der Waals surface area contributed by atoms with Crippen LogP contribution in [0.3, 0.4) is 0 Å². The van der Waals surface area contributed by atoms with E-state index in [1.807, 2.05) is 0 Å². The van der Waals surface area contributed by atoms with Crippen molar-refractivity contribution in [1.29, 1.82) is 0 Å². The Kier molecular flexibility index (Phi) is 1.87.